The number of likely N-dealkylation sites (tertiary alicyclic amines) is 1. The first-order chi connectivity index (χ1) is 22.9. The first-order valence-corrected chi connectivity index (χ1v) is 17.5. The van der Waals surface area contributed by atoms with Crippen LogP contribution >= 0.6 is 11.8 Å². The molecule has 2 aromatic carbocycles. The maximum atomic E-state index is 13.8. The van der Waals surface area contributed by atoms with Crippen molar-refractivity contribution in [2.75, 3.05) is 32.8 Å². The Kier molecular flexibility index (Phi) is 14.9. The molecular weight excluding hydrogens is 616 g/mol. The van der Waals surface area contributed by atoms with Gasteiger partial charge in [0.15, 0.2) is 0 Å². The number of thioether (sulfide) groups is 1. The Morgan fingerprint density at radius 2 is 1.47 bits per heavy atom. The summed E-state index contributed by atoms with van der Waals surface area (Å²) in [6.07, 6.45) is 5.09. The summed E-state index contributed by atoms with van der Waals surface area (Å²) in [5, 5.41) is 12.1. The molecule has 2 aliphatic rings. The molecule has 1 fully saturated rings. The van der Waals surface area contributed by atoms with Gasteiger partial charge < -0.3 is 30.9 Å². The van der Waals surface area contributed by atoms with Crippen LogP contribution in [0.1, 0.15) is 56.6 Å². The van der Waals surface area contributed by atoms with Crippen LogP contribution in [-0.2, 0) is 27.2 Å². The number of nitrogens with one attached hydrogen (secondary N) is 4. The van der Waals surface area contributed by atoms with Crippen molar-refractivity contribution >= 4 is 41.2 Å². The summed E-state index contributed by atoms with van der Waals surface area (Å²) in [5.74, 6) is -0.496. The SMILES string of the molecule is CC(=O)NCC[C@H](NC(=O)N1CCCCC1)C(=O)N[C@H](CC[C@H](Cc1ccccc1)NC(=O)OCC1CN=CS1)Cc1ccccc1. The van der Waals surface area contributed by atoms with Crippen LogP contribution in [0, 0.1) is 0 Å². The van der Waals surface area contributed by atoms with Crippen molar-refractivity contribution in [1.29, 1.82) is 0 Å². The summed E-state index contributed by atoms with van der Waals surface area (Å²) in [5.41, 5.74) is 3.93. The molecule has 1 unspecified atom stereocenters. The second-order valence-electron chi connectivity index (χ2n) is 12.2. The number of carbonyl (C=O) groups is 4. The molecule has 0 bridgehead atoms. The van der Waals surface area contributed by atoms with Crippen molar-refractivity contribution in [2.24, 2.45) is 4.99 Å². The van der Waals surface area contributed by atoms with E-state index in [9.17, 15) is 19.2 Å². The van der Waals surface area contributed by atoms with Crippen molar-refractivity contribution in [1.82, 2.24) is 26.2 Å². The first kappa shape index (κ1) is 35.8. The quantitative estimate of drug-likeness (QED) is 0.213. The van der Waals surface area contributed by atoms with E-state index in [0.29, 0.717) is 45.3 Å². The van der Waals surface area contributed by atoms with E-state index in [1.54, 1.807) is 22.2 Å². The van der Waals surface area contributed by atoms with Gasteiger partial charge in [-0.3, -0.25) is 14.6 Å². The van der Waals surface area contributed by atoms with Crippen molar-refractivity contribution in [2.45, 2.75) is 81.7 Å². The molecule has 12 heteroatoms. The molecule has 0 saturated carbocycles. The minimum Gasteiger partial charge on any atom is -0.448 e. The van der Waals surface area contributed by atoms with Gasteiger partial charge in [-0.05, 0) is 62.5 Å². The largest absolute Gasteiger partial charge is 0.448 e. The zero-order valence-electron chi connectivity index (χ0n) is 27.2. The van der Waals surface area contributed by atoms with Crippen molar-refractivity contribution in [3.8, 4) is 0 Å². The molecule has 2 aliphatic heterocycles. The number of amides is 5. The summed E-state index contributed by atoms with van der Waals surface area (Å²) in [6.45, 7) is 3.92. The van der Waals surface area contributed by atoms with Crippen LogP contribution in [0.15, 0.2) is 65.7 Å². The number of hydrogen-bond acceptors (Lipinski definition) is 7. The van der Waals surface area contributed by atoms with Gasteiger partial charge >= 0.3 is 12.1 Å². The topological polar surface area (TPSA) is 141 Å². The summed E-state index contributed by atoms with van der Waals surface area (Å²) in [6, 6.07) is 18.3. The summed E-state index contributed by atoms with van der Waals surface area (Å²) in [4.78, 5) is 57.3. The van der Waals surface area contributed by atoms with Crippen LogP contribution < -0.4 is 21.3 Å². The van der Waals surface area contributed by atoms with Gasteiger partial charge in [0.05, 0.1) is 17.3 Å². The van der Waals surface area contributed by atoms with Crippen LogP contribution in [0.4, 0.5) is 9.59 Å². The normalized spacial score (nSPS) is 17.6. The van der Waals surface area contributed by atoms with E-state index in [1.807, 2.05) is 60.7 Å². The molecule has 2 aromatic rings. The van der Waals surface area contributed by atoms with Gasteiger partial charge in [0, 0.05) is 38.6 Å². The highest BCUT2D eigenvalue weighted by atomic mass is 32.2. The second-order valence-corrected chi connectivity index (χ2v) is 13.3. The van der Waals surface area contributed by atoms with Crippen molar-refractivity contribution in [3.63, 3.8) is 0 Å². The Labute approximate surface area is 282 Å². The number of nitrogens with zero attached hydrogens (tertiary/aromatic N) is 2. The molecule has 254 valence electrons. The monoisotopic (exact) mass is 664 g/mol. The summed E-state index contributed by atoms with van der Waals surface area (Å²) in [7, 11) is 0. The van der Waals surface area contributed by atoms with E-state index < -0.39 is 12.1 Å². The molecule has 47 heavy (non-hydrogen) atoms. The zero-order valence-corrected chi connectivity index (χ0v) is 28.0. The molecule has 4 rings (SSSR count). The molecule has 2 heterocycles. The minimum absolute atomic E-state index is 0.132. The first-order valence-electron chi connectivity index (χ1n) is 16.6. The molecule has 0 aliphatic carbocycles. The van der Waals surface area contributed by atoms with Gasteiger partial charge in [0.25, 0.3) is 0 Å². The van der Waals surface area contributed by atoms with E-state index >= 15 is 0 Å². The Morgan fingerprint density at radius 3 is 2.04 bits per heavy atom. The van der Waals surface area contributed by atoms with Crippen molar-refractivity contribution < 1.29 is 23.9 Å². The Bertz CT molecular complexity index is 1300. The van der Waals surface area contributed by atoms with Crippen LogP contribution in [0.5, 0.6) is 0 Å². The Morgan fingerprint density at radius 1 is 0.851 bits per heavy atom. The van der Waals surface area contributed by atoms with Gasteiger partial charge in [0.2, 0.25) is 11.8 Å². The van der Waals surface area contributed by atoms with E-state index in [4.69, 9.17) is 4.74 Å². The molecule has 1 saturated heterocycles. The lowest BCUT2D eigenvalue weighted by Gasteiger charge is -2.30. The molecule has 5 amide bonds. The zero-order chi connectivity index (χ0) is 33.3. The summed E-state index contributed by atoms with van der Waals surface area (Å²) >= 11 is 1.56. The molecule has 0 aromatic heterocycles. The molecule has 4 N–H and O–H groups in total. The van der Waals surface area contributed by atoms with Gasteiger partial charge in [-0.25, -0.2) is 9.59 Å². The maximum Gasteiger partial charge on any atom is 0.407 e. The number of carbonyl (C=O) groups excluding carboxylic acids is 4. The Hall–Kier alpha value is -4.06. The predicted octanol–water partition coefficient (Wildman–Crippen LogP) is 4.07. The molecule has 0 spiro atoms. The number of hydrogen-bond donors (Lipinski definition) is 4. The molecule has 0 radical (unpaired) electrons. The number of piperidine rings is 1. The maximum absolute atomic E-state index is 13.8. The van der Waals surface area contributed by atoms with Gasteiger partial charge in [-0.1, -0.05) is 60.7 Å². The number of ether oxygens (including phenoxy) is 1. The number of rotatable bonds is 16. The number of aliphatic imine (C=N–C) groups is 1. The number of alkyl carbamates (subject to hydrolysis) is 1. The van der Waals surface area contributed by atoms with Gasteiger partial charge in [-0.2, -0.15) is 0 Å². The third-order valence-corrected chi connectivity index (χ3v) is 9.22. The predicted molar refractivity (Wildman–Crippen MR) is 186 cm³/mol. The van der Waals surface area contributed by atoms with E-state index in [1.165, 1.54) is 6.92 Å². The van der Waals surface area contributed by atoms with Crippen LogP contribution in [0.2, 0.25) is 0 Å². The lowest BCUT2D eigenvalue weighted by molar-refractivity contribution is -0.124. The second kappa shape index (κ2) is 19.6. The fourth-order valence-electron chi connectivity index (χ4n) is 5.75. The fourth-order valence-corrected chi connectivity index (χ4v) is 6.42. The lowest BCUT2D eigenvalue weighted by atomic mass is 9.95. The third-order valence-electron chi connectivity index (χ3n) is 8.28. The molecule has 11 nitrogen and oxygen atoms in total. The van der Waals surface area contributed by atoms with E-state index in [2.05, 4.69) is 26.3 Å². The average molecular weight is 665 g/mol. The third kappa shape index (κ3) is 13.3. The number of benzene rings is 2. The summed E-state index contributed by atoms with van der Waals surface area (Å²) < 4.78 is 5.54. The lowest BCUT2D eigenvalue weighted by Crippen LogP contribution is -2.54. The highest BCUT2D eigenvalue weighted by Crippen LogP contribution is 2.17. The van der Waals surface area contributed by atoms with Crippen LogP contribution in [-0.4, -0.2) is 90.5 Å². The van der Waals surface area contributed by atoms with Gasteiger partial charge in [-0.15, -0.1) is 11.8 Å². The standard InChI is InChI=1S/C35H48N6O5S/c1-26(42)37-18-17-32(40-34(44)41-19-9-4-10-20-41)33(43)38-29(21-27-11-5-2-6-12-27)15-16-30(22-28-13-7-3-8-14-28)39-35(45)46-24-31-23-36-25-47-31/h2-3,5-8,11-14,25,29-32H,4,9-10,15-24H2,1H3,(H,37,42)(H,38,43)(H,39,45)(H,40,44)/t29-,30-,31?,32+/m1/s1. The van der Waals surface area contributed by atoms with Crippen LogP contribution in [0.3, 0.4) is 0 Å². The van der Waals surface area contributed by atoms with E-state index in [-0.39, 0.29) is 54.8 Å². The smallest absolute Gasteiger partial charge is 0.407 e. The van der Waals surface area contributed by atoms with Gasteiger partial charge in [0.1, 0.15) is 12.6 Å². The molecular formula is C35H48N6O5S. The minimum atomic E-state index is -0.819. The Balaban J connectivity index is 1.44. The fraction of sp³-hybridized carbons (Fsp3) is 0.514. The van der Waals surface area contributed by atoms with Crippen molar-refractivity contribution in [3.05, 3.63) is 71.8 Å². The van der Waals surface area contributed by atoms with E-state index in [0.717, 1.165) is 30.4 Å². The number of urea groups is 1. The highest BCUT2D eigenvalue weighted by Gasteiger charge is 2.27. The average Bonchev–Trinajstić information content (AvgIpc) is 3.61. The molecule has 4 atom stereocenters. The van der Waals surface area contributed by atoms with Crippen LogP contribution in [0.25, 0.3) is 0 Å². The highest BCUT2D eigenvalue weighted by molar-refractivity contribution is 8.12.